The molecule has 0 amide bonds. The number of hydrogen-bond donors (Lipinski definition) is 0. The van der Waals surface area contributed by atoms with Gasteiger partial charge in [0.1, 0.15) is 0 Å². The van der Waals surface area contributed by atoms with Crippen LogP contribution in [0.3, 0.4) is 0 Å². The van der Waals surface area contributed by atoms with Crippen LogP contribution in [-0.4, -0.2) is 40.0 Å². The second-order valence-electron chi connectivity index (χ2n) is 12.5. The van der Waals surface area contributed by atoms with E-state index in [1.165, 1.54) is 67.4 Å². The first kappa shape index (κ1) is 25.1. The number of ether oxygens (including phenoxy) is 1. The molecule has 220 valence electrons. The third kappa shape index (κ3) is 3.39. The standard InChI is InChI=1S/C38H32N4O.Pt/c1-3-15-34-32(13-1)33-14-2-4-16-35(33)38(34)29-10-8-12-31(24-29)43-30-11-7-9-28(23-30)25-39-19-20-40(26-39)36-17-5-6-18-37(36)41-21-22-42(38)27-41;/h1-4,7-16,19-24,36-37H,5-6,17-18,25H2;. The van der Waals surface area contributed by atoms with Gasteiger partial charge in [0.15, 0.2) is 0 Å². The average molecular weight is 756 g/mol. The van der Waals surface area contributed by atoms with Crippen molar-refractivity contribution in [2.45, 2.75) is 49.9 Å². The molecule has 2 unspecified atom stereocenters. The summed E-state index contributed by atoms with van der Waals surface area (Å²) in [6.45, 7) is 0.842. The quantitative estimate of drug-likeness (QED) is 0.192. The zero-order valence-corrected chi connectivity index (χ0v) is 26.5. The van der Waals surface area contributed by atoms with Gasteiger partial charge in [-0.3, -0.25) is 0 Å². The summed E-state index contributed by atoms with van der Waals surface area (Å²) in [5.74, 6) is 1.75. The summed E-state index contributed by atoms with van der Waals surface area (Å²) in [6, 6.07) is 36.6. The Labute approximate surface area is 265 Å². The van der Waals surface area contributed by atoms with E-state index in [2.05, 4.69) is 141 Å². The van der Waals surface area contributed by atoms with E-state index in [1.54, 1.807) is 0 Å². The first-order chi connectivity index (χ1) is 21.8. The summed E-state index contributed by atoms with van der Waals surface area (Å²) < 4.78 is 9.59. The van der Waals surface area contributed by atoms with Crippen LogP contribution in [0.4, 0.5) is 0 Å². The molecule has 4 aliphatic heterocycles. The van der Waals surface area contributed by atoms with Crippen LogP contribution in [0.15, 0.2) is 122 Å². The van der Waals surface area contributed by atoms with Crippen molar-refractivity contribution in [3.63, 3.8) is 0 Å². The molecule has 0 radical (unpaired) electrons. The minimum absolute atomic E-state index is 0.458. The molecule has 0 aromatic heterocycles. The molecule has 4 heterocycles. The third-order valence-electron chi connectivity index (χ3n) is 10.2. The Kier molecular flexibility index (Phi) is 5.37. The monoisotopic (exact) mass is 755 g/mol. The van der Waals surface area contributed by atoms with E-state index in [1.807, 2.05) is 0 Å². The van der Waals surface area contributed by atoms with E-state index in [0.717, 1.165) is 18.0 Å². The van der Waals surface area contributed by atoms with Gasteiger partial charge in [-0.05, 0) is 0 Å². The average Bonchev–Trinajstić information content (AvgIpc) is 3.72. The minimum atomic E-state index is -0.568. The number of rotatable bonds is 0. The fourth-order valence-corrected chi connectivity index (χ4v) is 12.0. The van der Waals surface area contributed by atoms with Gasteiger partial charge in [-0.25, -0.2) is 0 Å². The molecule has 0 saturated heterocycles. The zero-order chi connectivity index (χ0) is 28.8. The van der Waals surface area contributed by atoms with Crippen LogP contribution >= 0.6 is 0 Å². The number of benzene rings is 4. The molecule has 0 N–H and O–H groups in total. The third-order valence-corrected chi connectivity index (χ3v) is 13.5. The second kappa shape index (κ2) is 9.39. The Bertz CT molecular complexity index is 1940. The van der Waals surface area contributed by atoms with Crippen LogP contribution in [0, 0.1) is 0 Å². The Morgan fingerprint density at radius 3 is 2.07 bits per heavy atom. The van der Waals surface area contributed by atoms with E-state index < -0.39 is 23.2 Å². The molecule has 4 aromatic carbocycles. The van der Waals surface area contributed by atoms with Crippen molar-refractivity contribution >= 4 is 8.29 Å². The van der Waals surface area contributed by atoms with Gasteiger partial charge in [0.25, 0.3) is 0 Å². The first-order valence-corrected chi connectivity index (χ1v) is 17.9. The van der Waals surface area contributed by atoms with Crippen molar-refractivity contribution in [2.75, 3.05) is 0 Å². The van der Waals surface area contributed by atoms with Crippen LogP contribution in [0.2, 0.25) is 0 Å². The summed E-state index contributed by atoms with van der Waals surface area (Å²) >= 11 is -0.568. The topological polar surface area (TPSA) is 22.2 Å². The van der Waals surface area contributed by atoms with Gasteiger partial charge in [-0.2, -0.15) is 0 Å². The summed E-state index contributed by atoms with van der Waals surface area (Å²) in [5.41, 5.74) is 7.29. The van der Waals surface area contributed by atoms with Crippen molar-refractivity contribution in [3.05, 3.63) is 144 Å². The molecule has 2 aliphatic carbocycles. The van der Waals surface area contributed by atoms with E-state index in [-0.39, 0.29) is 0 Å². The predicted molar refractivity (Wildman–Crippen MR) is 170 cm³/mol. The van der Waals surface area contributed by atoms with Crippen molar-refractivity contribution in [1.82, 2.24) is 19.6 Å². The van der Waals surface area contributed by atoms with Crippen molar-refractivity contribution in [2.24, 2.45) is 0 Å². The van der Waals surface area contributed by atoms with Gasteiger partial charge in [0.05, 0.1) is 0 Å². The maximum absolute atomic E-state index is 6.64. The molecular weight excluding hydrogens is 724 g/mol. The summed E-state index contributed by atoms with van der Waals surface area (Å²) in [6.07, 6.45) is 14.6. The van der Waals surface area contributed by atoms with Crippen LogP contribution in [0.25, 0.3) is 11.1 Å². The molecule has 4 aromatic rings. The molecule has 10 rings (SSSR count). The Morgan fingerprint density at radius 1 is 0.636 bits per heavy atom. The van der Waals surface area contributed by atoms with Crippen LogP contribution in [-0.2, 0) is 29.7 Å². The molecule has 1 fully saturated rings. The van der Waals surface area contributed by atoms with Gasteiger partial charge >= 0.3 is 267 Å². The fraction of sp³-hybridized carbons (Fsp3) is 0.211. The molecule has 6 heteroatoms. The Balaban J connectivity index is 1.31. The molecule has 2 atom stereocenters. The second-order valence-corrected chi connectivity index (χ2v) is 15.1. The van der Waals surface area contributed by atoms with Gasteiger partial charge in [0.2, 0.25) is 0 Å². The van der Waals surface area contributed by atoms with Gasteiger partial charge < -0.3 is 0 Å². The molecule has 1 spiro atoms. The first-order valence-electron chi connectivity index (χ1n) is 15.7. The van der Waals surface area contributed by atoms with Crippen LogP contribution in [0.1, 0.15) is 47.9 Å². The van der Waals surface area contributed by atoms with E-state index in [4.69, 9.17) is 4.74 Å². The Morgan fingerprint density at radius 2 is 1.30 bits per heavy atom. The van der Waals surface area contributed by atoms with E-state index in [0.29, 0.717) is 12.1 Å². The van der Waals surface area contributed by atoms with Crippen molar-refractivity contribution < 1.29 is 22.4 Å². The number of hydrogen-bond acceptors (Lipinski definition) is 5. The number of nitrogens with zero attached hydrogens (tertiary/aromatic N) is 4. The maximum atomic E-state index is 6.64. The number of fused-ring (bicyclic) bond motifs is 14. The van der Waals surface area contributed by atoms with Crippen molar-refractivity contribution in [1.29, 1.82) is 0 Å². The van der Waals surface area contributed by atoms with E-state index in [9.17, 15) is 0 Å². The SMILES string of the molecule is C1=CN2[C]3=[Pt]=[C]4N(C=CN4C4(c5cccc(c5)Oc5cccc(c5)CN13)c1ccccc1-c1ccccc14)C1CCCCC12. The van der Waals surface area contributed by atoms with E-state index >= 15 is 0 Å². The molecule has 1 saturated carbocycles. The summed E-state index contributed by atoms with van der Waals surface area (Å²) in [7, 11) is 0. The van der Waals surface area contributed by atoms with Crippen LogP contribution in [0.5, 0.6) is 11.5 Å². The van der Waals surface area contributed by atoms with Gasteiger partial charge in [-0.15, -0.1) is 0 Å². The Hall–Kier alpha value is -4.21. The fourth-order valence-electron chi connectivity index (χ4n) is 8.33. The summed E-state index contributed by atoms with van der Waals surface area (Å²) in [4.78, 5) is 10.6. The van der Waals surface area contributed by atoms with Gasteiger partial charge in [0, 0.05) is 0 Å². The molecule has 44 heavy (non-hydrogen) atoms. The predicted octanol–water partition coefficient (Wildman–Crippen LogP) is 7.02. The van der Waals surface area contributed by atoms with Crippen LogP contribution < -0.4 is 4.74 Å². The zero-order valence-electron chi connectivity index (χ0n) is 24.3. The molecule has 6 aliphatic rings. The molecular formula is C38H32N4OPt. The molecule has 6 bridgehead atoms. The normalized spacial score (nSPS) is 23.5. The molecule has 5 nitrogen and oxygen atoms in total. The summed E-state index contributed by atoms with van der Waals surface area (Å²) in [5, 5.41) is 0. The van der Waals surface area contributed by atoms with Crippen molar-refractivity contribution in [3.8, 4) is 22.6 Å². The van der Waals surface area contributed by atoms with Gasteiger partial charge in [-0.1, -0.05) is 0 Å².